The maximum Gasteiger partial charge on any atom is 0.130 e. The zero-order chi connectivity index (χ0) is 14.8. The second kappa shape index (κ2) is 6.41. The van der Waals surface area contributed by atoms with Crippen LogP contribution in [0.25, 0.3) is 0 Å². The molecule has 1 unspecified atom stereocenters. The minimum Gasteiger partial charge on any atom is -0.317 e. The zero-order valence-corrected chi connectivity index (χ0v) is 12.6. The van der Waals surface area contributed by atoms with Gasteiger partial charge in [0, 0.05) is 30.3 Å². The van der Waals surface area contributed by atoms with E-state index in [2.05, 4.69) is 17.1 Å². The molecule has 2 aliphatic rings. The topological polar surface area (TPSA) is 15.3 Å². The molecule has 4 heteroatoms. The van der Waals surface area contributed by atoms with Gasteiger partial charge in [-0.25, -0.2) is 8.78 Å². The summed E-state index contributed by atoms with van der Waals surface area (Å²) in [5.41, 5.74) is 0.622. The molecule has 0 bridgehead atoms. The van der Waals surface area contributed by atoms with Crippen molar-refractivity contribution in [2.75, 3.05) is 19.6 Å². The maximum atomic E-state index is 14.0. The van der Waals surface area contributed by atoms with Crippen molar-refractivity contribution in [2.45, 2.75) is 44.7 Å². The quantitative estimate of drug-likeness (QED) is 0.894. The van der Waals surface area contributed by atoms with Crippen molar-refractivity contribution >= 4 is 0 Å². The van der Waals surface area contributed by atoms with Gasteiger partial charge >= 0.3 is 0 Å². The molecule has 0 spiro atoms. The Kier molecular flexibility index (Phi) is 4.55. The van der Waals surface area contributed by atoms with E-state index in [1.165, 1.54) is 31.7 Å². The van der Waals surface area contributed by atoms with E-state index >= 15 is 0 Å². The van der Waals surface area contributed by atoms with Gasteiger partial charge in [0.15, 0.2) is 0 Å². The lowest BCUT2D eigenvalue weighted by Crippen LogP contribution is -2.38. The number of nitrogens with zero attached hydrogens (tertiary/aromatic N) is 1. The lowest BCUT2D eigenvalue weighted by Gasteiger charge is -2.34. The summed E-state index contributed by atoms with van der Waals surface area (Å²) in [6.45, 7) is 5.25. The van der Waals surface area contributed by atoms with Gasteiger partial charge in [0.05, 0.1) is 0 Å². The van der Waals surface area contributed by atoms with Crippen molar-refractivity contribution < 1.29 is 8.78 Å². The Morgan fingerprint density at radius 2 is 1.90 bits per heavy atom. The summed E-state index contributed by atoms with van der Waals surface area (Å²) in [7, 11) is 0. The predicted octanol–water partition coefficient (Wildman–Crippen LogP) is 3.49. The third kappa shape index (κ3) is 3.61. The number of hydrogen-bond acceptors (Lipinski definition) is 2. The molecule has 1 aliphatic heterocycles. The Balaban J connectivity index is 1.73. The van der Waals surface area contributed by atoms with Crippen LogP contribution < -0.4 is 5.32 Å². The first-order chi connectivity index (χ1) is 10.1. The first-order valence-corrected chi connectivity index (χ1v) is 8.06. The molecule has 1 aliphatic carbocycles. The minimum atomic E-state index is -0.500. The van der Waals surface area contributed by atoms with Crippen LogP contribution in [0, 0.1) is 17.6 Å². The van der Waals surface area contributed by atoms with E-state index in [4.69, 9.17) is 0 Å². The summed E-state index contributed by atoms with van der Waals surface area (Å²) < 4.78 is 27.1. The summed E-state index contributed by atoms with van der Waals surface area (Å²) in [6, 6.07) is 4.58. The molecule has 1 saturated carbocycles. The molecule has 2 nitrogen and oxygen atoms in total. The Morgan fingerprint density at radius 1 is 1.19 bits per heavy atom. The van der Waals surface area contributed by atoms with Gasteiger partial charge in [0.1, 0.15) is 11.6 Å². The van der Waals surface area contributed by atoms with Crippen LogP contribution in [-0.2, 0) is 0 Å². The molecular formula is C17H24F2N2. The minimum absolute atomic E-state index is 0.0213. The van der Waals surface area contributed by atoms with Crippen LogP contribution in [0.5, 0.6) is 0 Å². The molecule has 116 valence electrons. The maximum absolute atomic E-state index is 14.0. The molecule has 2 fully saturated rings. The van der Waals surface area contributed by atoms with Gasteiger partial charge in [-0.1, -0.05) is 6.07 Å². The van der Waals surface area contributed by atoms with Gasteiger partial charge in [-0.3, -0.25) is 4.90 Å². The van der Waals surface area contributed by atoms with E-state index in [0.717, 1.165) is 25.7 Å². The van der Waals surface area contributed by atoms with E-state index in [0.29, 0.717) is 17.5 Å². The molecule has 21 heavy (non-hydrogen) atoms. The van der Waals surface area contributed by atoms with Crippen molar-refractivity contribution in [3.8, 4) is 0 Å². The van der Waals surface area contributed by atoms with Crippen LogP contribution in [0.4, 0.5) is 8.78 Å². The average Bonchev–Trinajstić information content (AvgIpc) is 3.30. The summed E-state index contributed by atoms with van der Waals surface area (Å²) >= 11 is 0. The summed E-state index contributed by atoms with van der Waals surface area (Å²) in [4.78, 5) is 2.44. The van der Waals surface area contributed by atoms with Gasteiger partial charge < -0.3 is 5.32 Å². The van der Waals surface area contributed by atoms with E-state index in [1.54, 1.807) is 6.07 Å². The molecule has 0 amide bonds. The fraction of sp³-hybridized carbons (Fsp3) is 0.647. The Morgan fingerprint density at radius 3 is 2.52 bits per heavy atom. The van der Waals surface area contributed by atoms with Gasteiger partial charge in [0.25, 0.3) is 0 Å². The SMILES string of the molecule is CC(c1ccc(F)cc1F)N(CC1CCNCC1)C1CC1. The predicted molar refractivity (Wildman–Crippen MR) is 80.1 cm³/mol. The lowest BCUT2D eigenvalue weighted by atomic mass is 9.95. The van der Waals surface area contributed by atoms with Crippen LogP contribution in [0.2, 0.25) is 0 Å². The fourth-order valence-electron chi connectivity index (χ4n) is 3.41. The largest absolute Gasteiger partial charge is 0.317 e. The lowest BCUT2D eigenvalue weighted by molar-refractivity contribution is 0.149. The first-order valence-electron chi connectivity index (χ1n) is 8.06. The van der Waals surface area contributed by atoms with E-state index in [1.807, 2.05) is 0 Å². The highest BCUT2D eigenvalue weighted by Gasteiger charge is 2.35. The van der Waals surface area contributed by atoms with Crippen LogP contribution in [0.1, 0.15) is 44.2 Å². The monoisotopic (exact) mass is 294 g/mol. The van der Waals surface area contributed by atoms with Crippen LogP contribution in [-0.4, -0.2) is 30.6 Å². The van der Waals surface area contributed by atoms with E-state index < -0.39 is 11.6 Å². The highest BCUT2D eigenvalue weighted by Crippen LogP contribution is 2.36. The summed E-state index contributed by atoms with van der Waals surface area (Å²) in [5.74, 6) is -0.226. The van der Waals surface area contributed by atoms with Crippen molar-refractivity contribution in [3.63, 3.8) is 0 Å². The van der Waals surface area contributed by atoms with Gasteiger partial charge in [-0.15, -0.1) is 0 Å². The van der Waals surface area contributed by atoms with Crippen LogP contribution >= 0.6 is 0 Å². The second-order valence-corrected chi connectivity index (χ2v) is 6.46. The van der Waals surface area contributed by atoms with Crippen molar-refractivity contribution in [1.29, 1.82) is 0 Å². The molecule has 1 heterocycles. The first kappa shape index (κ1) is 14.9. The van der Waals surface area contributed by atoms with Crippen molar-refractivity contribution in [1.82, 2.24) is 10.2 Å². The molecule has 0 aromatic heterocycles. The Hall–Kier alpha value is -1.00. The second-order valence-electron chi connectivity index (χ2n) is 6.46. The number of halogens is 2. The molecule has 3 rings (SSSR count). The smallest absolute Gasteiger partial charge is 0.130 e. The third-order valence-electron chi connectivity index (χ3n) is 4.85. The highest BCUT2D eigenvalue weighted by atomic mass is 19.1. The molecule has 0 radical (unpaired) electrons. The normalized spacial score (nSPS) is 21.7. The molecular weight excluding hydrogens is 270 g/mol. The van der Waals surface area contributed by atoms with Gasteiger partial charge in [-0.05, 0) is 57.7 Å². The molecule has 1 saturated heterocycles. The van der Waals surface area contributed by atoms with Crippen LogP contribution in [0.3, 0.4) is 0 Å². The van der Waals surface area contributed by atoms with Gasteiger partial charge in [0.2, 0.25) is 0 Å². The zero-order valence-electron chi connectivity index (χ0n) is 12.6. The number of hydrogen-bond donors (Lipinski definition) is 1. The standard InChI is InChI=1S/C17H24F2N2/c1-12(16-5-2-14(18)10-17(16)19)21(15-3-4-15)11-13-6-8-20-9-7-13/h2,5,10,12-13,15,20H,3-4,6-9,11H2,1H3. The number of piperidine rings is 1. The highest BCUT2D eigenvalue weighted by molar-refractivity contribution is 5.22. The number of nitrogens with one attached hydrogen (secondary N) is 1. The van der Waals surface area contributed by atoms with E-state index in [-0.39, 0.29) is 6.04 Å². The Labute approximate surface area is 125 Å². The molecule has 1 aromatic carbocycles. The van der Waals surface area contributed by atoms with Crippen LogP contribution in [0.15, 0.2) is 18.2 Å². The summed E-state index contributed by atoms with van der Waals surface area (Å²) in [5, 5.41) is 3.39. The average molecular weight is 294 g/mol. The molecule has 1 atom stereocenters. The van der Waals surface area contributed by atoms with Crippen molar-refractivity contribution in [2.24, 2.45) is 5.92 Å². The number of rotatable bonds is 5. The van der Waals surface area contributed by atoms with E-state index in [9.17, 15) is 8.78 Å². The summed E-state index contributed by atoms with van der Waals surface area (Å²) in [6.07, 6.45) is 4.81. The molecule has 1 N–H and O–H groups in total. The van der Waals surface area contributed by atoms with Gasteiger partial charge in [-0.2, -0.15) is 0 Å². The Bertz CT molecular complexity index is 482. The fourth-order valence-corrected chi connectivity index (χ4v) is 3.41. The van der Waals surface area contributed by atoms with Crippen molar-refractivity contribution in [3.05, 3.63) is 35.4 Å². The molecule has 1 aromatic rings. The third-order valence-corrected chi connectivity index (χ3v) is 4.85. The number of benzene rings is 1.